The van der Waals surface area contributed by atoms with Crippen LogP contribution in [0.4, 0.5) is 0 Å². The van der Waals surface area contributed by atoms with Gasteiger partial charge < -0.3 is 20.9 Å². The topological polar surface area (TPSA) is 95.7 Å². The van der Waals surface area contributed by atoms with Gasteiger partial charge in [0.1, 0.15) is 6.04 Å². The molecule has 3 N–H and O–H groups in total. The number of nitrogens with one attached hydrogen (secondary N) is 1. The van der Waals surface area contributed by atoms with E-state index in [2.05, 4.69) is 33.0 Å². The van der Waals surface area contributed by atoms with Crippen LogP contribution in [-0.2, 0) is 14.4 Å². The number of rotatable bonds is 8. The minimum absolute atomic E-state index is 0.0553. The summed E-state index contributed by atoms with van der Waals surface area (Å²) in [6.07, 6.45) is 3.42. The molecule has 29 heavy (non-hydrogen) atoms. The summed E-state index contributed by atoms with van der Waals surface area (Å²) in [5.74, 6) is 0.814. The Morgan fingerprint density at radius 3 is 2.41 bits per heavy atom. The summed E-state index contributed by atoms with van der Waals surface area (Å²) in [5.41, 5.74) is 5.36. The summed E-state index contributed by atoms with van der Waals surface area (Å²) in [6.45, 7) is 12.4. The Morgan fingerprint density at radius 1 is 1.17 bits per heavy atom. The zero-order valence-corrected chi connectivity index (χ0v) is 18.8. The normalized spacial score (nSPS) is 26.9. The molecule has 0 aromatic heterocycles. The van der Waals surface area contributed by atoms with E-state index in [9.17, 15) is 14.4 Å². The molecule has 2 aliphatic rings. The van der Waals surface area contributed by atoms with E-state index >= 15 is 0 Å². The third-order valence-corrected chi connectivity index (χ3v) is 6.15. The molecule has 2 unspecified atom stereocenters. The van der Waals surface area contributed by atoms with Gasteiger partial charge in [-0.05, 0) is 50.4 Å². The van der Waals surface area contributed by atoms with Crippen molar-refractivity contribution in [1.29, 1.82) is 0 Å². The molecule has 0 aromatic rings. The summed E-state index contributed by atoms with van der Waals surface area (Å²) in [6, 6.07) is -0.556. The van der Waals surface area contributed by atoms with Crippen molar-refractivity contribution < 1.29 is 14.4 Å². The van der Waals surface area contributed by atoms with Crippen LogP contribution in [0.2, 0.25) is 0 Å². The predicted octanol–water partition coefficient (Wildman–Crippen LogP) is 1.75. The van der Waals surface area contributed by atoms with Crippen molar-refractivity contribution in [2.24, 2.45) is 23.5 Å². The molecule has 4 atom stereocenters. The highest BCUT2D eigenvalue weighted by atomic mass is 16.2. The van der Waals surface area contributed by atoms with Crippen LogP contribution in [0.25, 0.3) is 0 Å². The number of nitrogens with two attached hydrogens (primary N) is 1. The summed E-state index contributed by atoms with van der Waals surface area (Å²) < 4.78 is 0. The molecular formula is C22H40N4O3. The Hall–Kier alpha value is -1.63. The summed E-state index contributed by atoms with van der Waals surface area (Å²) in [7, 11) is 0. The van der Waals surface area contributed by atoms with Gasteiger partial charge in [0, 0.05) is 32.1 Å². The molecule has 0 saturated carbocycles. The number of amides is 3. The molecule has 166 valence electrons. The number of primary amides is 1. The molecule has 3 amide bonds. The zero-order valence-electron chi connectivity index (χ0n) is 18.8. The lowest BCUT2D eigenvalue weighted by Gasteiger charge is -2.44. The second kappa shape index (κ2) is 10.4. The minimum Gasteiger partial charge on any atom is -0.370 e. The smallest absolute Gasteiger partial charge is 0.245 e. The van der Waals surface area contributed by atoms with E-state index in [1.54, 1.807) is 0 Å². The Morgan fingerprint density at radius 2 is 1.86 bits per heavy atom. The van der Waals surface area contributed by atoms with Crippen LogP contribution in [0, 0.1) is 17.8 Å². The lowest BCUT2D eigenvalue weighted by Crippen LogP contribution is -2.62. The highest BCUT2D eigenvalue weighted by Crippen LogP contribution is 2.28. The number of piperazine rings is 1. The quantitative estimate of drug-likeness (QED) is 0.640. The average molecular weight is 409 g/mol. The van der Waals surface area contributed by atoms with Crippen LogP contribution in [0.1, 0.15) is 66.7 Å². The van der Waals surface area contributed by atoms with E-state index in [1.807, 2.05) is 16.7 Å². The number of nitrogens with zero attached hydrogens (tertiary/aromatic N) is 2. The maximum Gasteiger partial charge on any atom is 0.245 e. The SMILES string of the molecule is CC(C)CC1NCCN(C(CC(C)C)C(=O)N2CC[C@@H](CC(N)=O)C[C@@H]2C)C1=O. The second-order valence-electron chi connectivity index (χ2n) is 9.75. The molecule has 2 fully saturated rings. The molecule has 2 saturated heterocycles. The van der Waals surface area contributed by atoms with E-state index < -0.39 is 6.04 Å². The van der Waals surface area contributed by atoms with Crippen LogP contribution in [0.15, 0.2) is 0 Å². The van der Waals surface area contributed by atoms with Crippen molar-refractivity contribution in [2.45, 2.75) is 84.8 Å². The number of hydrogen-bond donors (Lipinski definition) is 2. The van der Waals surface area contributed by atoms with E-state index in [4.69, 9.17) is 5.73 Å². The first-order valence-corrected chi connectivity index (χ1v) is 11.2. The van der Waals surface area contributed by atoms with Gasteiger partial charge in [0.25, 0.3) is 0 Å². The fourth-order valence-electron chi connectivity index (χ4n) is 4.79. The van der Waals surface area contributed by atoms with Gasteiger partial charge in [-0.3, -0.25) is 14.4 Å². The largest absolute Gasteiger partial charge is 0.370 e. The van der Waals surface area contributed by atoms with E-state index in [0.717, 1.165) is 25.8 Å². The molecule has 7 nitrogen and oxygen atoms in total. The predicted molar refractivity (Wildman–Crippen MR) is 114 cm³/mol. The first-order chi connectivity index (χ1) is 13.6. The molecule has 2 aliphatic heterocycles. The van der Waals surface area contributed by atoms with Gasteiger partial charge in [-0.1, -0.05) is 27.7 Å². The second-order valence-corrected chi connectivity index (χ2v) is 9.75. The number of carbonyl (C=O) groups is 3. The average Bonchev–Trinajstić information content (AvgIpc) is 2.60. The maximum absolute atomic E-state index is 13.6. The van der Waals surface area contributed by atoms with E-state index in [-0.39, 0.29) is 35.7 Å². The van der Waals surface area contributed by atoms with Crippen molar-refractivity contribution in [3.8, 4) is 0 Å². The maximum atomic E-state index is 13.6. The number of piperidine rings is 1. The van der Waals surface area contributed by atoms with Crippen LogP contribution in [-0.4, -0.2) is 65.3 Å². The van der Waals surface area contributed by atoms with Gasteiger partial charge in [-0.25, -0.2) is 0 Å². The van der Waals surface area contributed by atoms with Crippen molar-refractivity contribution in [2.75, 3.05) is 19.6 Å². The monoisotopic (exact) mass is 408 g/mol. The summed E-state index contributed by atoms with van der Waals surface area (Å²) in [5, 5.41) is 3.33. The van der Waals surface area contributed by atoms with Crippen molar-refractivity contribution in [1.82, 2.24) is 15.1 Å². The lowest BCUT2D eigenvalue weighted by atomic mass is 9.87. The first kappa shape index (κ1) is 23.6. The number of hydrogen-bond acceptors (Lipinski definition) is 4. The van der Waals surface area contributed by atoms with Crippen molar-refractivity contribution in [3.63, 3.8) is 0 Å². The molecule has 2 heterocycles. The van der Waals surface area contributed by atoms with Crippen molar-refractivity contribution >= 4 is 17.7 Å². The van der Waals surface area contributed by atoms with Crippen LogP contribution in [0.5, 0.6) is 0 Å². The molecule has 2 rings (SSSR count). The van der Waals surface area contributed by atoms with Gasteiger partial charge in [-0.15, -0.1) is 0 Å². The number of carbonyl (C=O) groups excluding carboxylic acids is 3. The van der Waals surface area contributed by atoms with Gasteiger partial charge in [-0.2, -0.15) is 0 Å². The third-order valence-electron chi connectivity index (χ3n) is 6.15. The van der Waals surface area contributed by atoms with Crippen LogP contribution < -0.4 is 11.1 Å². The lowest BCUT2D eigenvalue weighted by molar-refractivity contribution is -0.152. The number of likely N-dealkylation sites (tertiary alicyclic amines) is 1. The van der Waals surface area contributed by atoms with E-state index in [1.165, 1.54) is 0 Å². The van der Waals surface area contributed by atoms with Crippen LogP contribution >= 0.6 is 0 Å². The van der Waals surface area contributed by atoms with Gasteiger partial charge in [0.05, 0.1) is 6.04 Å². The molecule has 0 spiro atoms. The highest BCUT2D eigenvalue weighted by molar-refractivity contribution is 5.90. The Bertz CT molecular complexity index is 593. The summed E-state index contributed by atoms with van der Waals surface area (Å²) >= 11 is 0. The Labute approximate surface area is 175 Å². The Kier molecular flexibility index (Phi) is 8.49. The Balaban J connectivity index is 2.14. The fraction of sp³-hybridized carbons (Fsp3) is 0.864. The third kappa shape index (κ3) is 6.43. The molecule has 7 heteroatoms. The molecule has 0 aliphatic carbocycles. The first-order valence-electron chi connectivity index (χ1n) is 11.2. The molecule has 0 bridgehead atoms. The highest BCUT2D eigenvalue weighted by Gasteiger charge is 2.40. The fourth-order valence-corrected chi connectivity index (χ4v) is 4.79. The standard InChI is InChI=1S/C22H40N4O3/c1-14(2)10-18-21(28)26(9-7-24-18)19(11-15(3)4)22(29)25-8-6-17(12-16(25)5)13-20(23)27/h14-19,24H,6-13H2,1-5H3,(H2,23,27)/t16-,17+,18?,19?/m0/s1. The van der Waals surface area contributed by atoms with E-state index in [0.29, 0.717) is 37.8 Å². The molecular weight excluding hydrogens is 368 g/mol. The zero-order chi connectivity index (χ0) is 21.7. The van der Waals surface area contributed by atoms with Gasteiger partial charge >= 0.3 is 0 Å². The van der Waals surface area contributed by atoms with Gasteiger partial charge in [0.15, 0.2) is 0 Å². The minimum atomic E-state index is -0.408. The van der Waals surface area contributed by atoms with Crippen molar-refractivity contribution in [3.05, 3.63) is 0 Å². The van der Waals surface area contributed by atoms with Crippen LogP contribution in [0.3, 0.4) is 0 Å². The molecule has 0 radical (unpaired) electrons. The van der Waals surface area contributed by atoms with Gasteiger partial charge in [0.2, 0.25) is 17.7 Å². The molecule has 0 aromatic carbocycles. The summed E-state index contributed by atoms with van der Waals surface area (Å²) in [4.78, 5) is 41.7.